The summed E-state index contributed by atoms with van der Waals surface area (Å²) in [7, 11) is 5.34. The zero-order valence-corrected chi connectivity index (χ0v) is 12.5. The van der Waals surface area contributed by atoms with E-state index in [1.807, 2.05) is 18.9 Å². The number of nitrogens with zero attached hydrogens (tertiary/aromatic N) is 4. The van der Waals surface area contributed by atoms with E-state index in [-0.39, 0.29) is 12.5 Å². The number of nitrogens with two attached hydrogens (primary N) is 1. The Balaban J connectivity index is 2.29. The van der Waals surface area contributed by atoms with Crippen molar-refractivity contribution in [1.82, 2.24) is 14.9 Å². The van der Waals surface area contributed by atoms with E-state index in [4.69, 9.17) is 5.84 Å². The van der Waals surface area contributed by atoms with E-state index in [1.54, 1.807) is 19.0 Å². The molecule has 0 radical (unpaired) electrons. The Morgan fingerprint density at radius 2 is 2.00 bits per heavy atom. The summed E-state index contributed by atoms with van der Waals surface area (Å²) in [6.45, 7) is 2.18. The molecule has 3 N–H and O–H groups in total. The van der Waals surface area contributed by atoms with Crippen LogP contribution >= 0.6 is 0 Å². The maximum absolute atomic E-state index is 11.8. The first-order chi connectivity index (χ1) is 9.43. The molecule has 1 aromatic heterocycles. The molecule has 0 bridgehead atoms. The number of hydrazine groups is 1. The number of carbonyl (C=O) groups is 1. The summed E-state index contributed by atoms with van der Waals surface area (Å²) in [6, 6.07) is 0. The summed E-state index contributed by atoms with van der Waals surface area (Å²) >= 11 is 0. The molecule has 0 saturated heterocycles. The van der Waals surface area contributed by atoms with Crippen molar-refractivity contribution >= 4 is 17.5 Å². The molecule has 1 aliphatic carbocycles. The van der Waals surface area contributed by atoms with E-state index >= 15 is 0 Å². The summed E-state index contributed by atoms with van der Waals surface area (Å²) in [5, 5.41) is 0. The number of anilines is 2. The van der Waals surface area contributed by atoms with Gasteiger partial charge in [0.05, 0.1) is 6.54 Å². The number of likely N-dealkylation sites (N-methyl/N-ethyl adjacent to an activating group) is 2. The molecular weight excluding hydrogens is 256 g/mol. The molecule has 7 nitrogen and oxygen atoms in total. The lowest BCUT2D eigenvalue weighted by molar-refractivity contribution is -0.127. The van der Waals surface area contributed by atoms with Crippen LogP contribution in [0, 0.1) is 6.92 Å². The van der Waals surface area contributed by atoms with Gasteiger partial charge in [-0.25, -0.2) is 15.8 Å². The van der Waals surface area contributed by atoms with Crippen LogP contribution in [0.2, 0.25) is 0 Å². The zero-order chi connectivity index (χ0) is 14.9. The molecule has 2 rings (SSSR count). The van der Waals surface area contributed by atoms with E-state index in [2.05, 4.69) is 15.4 Å². The van der Waals surface area contributed by atoms with Crippen molar-refractivity contribution in [3.63, 3.8) is 0 Å². The van der Waals surface area contributed by atoms with Gasteiger partial charge in [0.2, 0.25) is 5.91 Å². The van der Waals surface area contributed by atoms with Gasteiger partial charge in [0.15, 0.2) is 0 Å². The SMILES string of the molecule is Cc1c(NN)nc(C2CC2)nc1N(C)CC(=O)N(C)C. The minimum atomic E-state index is 0.0285. The molecule has 0 atom stereocenters. The lowest BCUT2D eigenvalue weighted by Gasteiger charge is -2.23. The average Bonchev–Trinajstić information content (AvgIpc) is 3.23. The molecule has 1 amide bonds. The molecule has 0 unspecified atom stereocenters. The standard InChI is InChI=1S/C13H22N6O/c1-8-11(17-14)15-12(9-5-6-9)16-13(8)19(4)7-10(20)18(2)3/h9H,5-7,14H2,1-4H3,(H,15,16,17). The van der Waals surface area contributed by atoms with Gasteiger partial charge in [0, 0.05) is 32.6 Å². The second-order valence-corrected chi connectivity index (χ2v) is 5.44. The topological polar surface area (TPSA) is 87.4 Å². The van der Waals surface area contributed by atoms with Gasteiger partial charge in [-0.15, -0.1) is 0 Å². The number of aromatic nitrogens is 2. The van der Waals surface area contributed by atoms with Crippen molar-refractivity contribution in [3.05, 3.63) is 11.4 Å². The third-order valence-electron chi connectivity index (χ3n) is 3.45. The van der Waals surface area contributed by atoms with Crippen molar-refractivity contribution in [1.29, 1.82) is 0 Å². The maximum atomic E-state index is 11.8. The monoisotopic (exact) mass is 278 g/mol. The summed E-state index contributed by atoms with van der Waals surface area (Å²) < 4.78 is 0. The minimum Gasteiger partial charge on any atom is -0.350 e. The first kappa shape index (κ1) is 14.5. The first-order valence-electron chi connectivity index (χ1n) is 6.70. The summed E-state index contributed by atoms with van der Waals surface area (Å²) in [4.78, 5) is 24.3. The highest BCUT2D eigenvalue weighted by atomic mass is 16.2. The van der Waals surface area contributed by atoms with Crippen LogP contribution in [0.15, 0.2) is 0 Å². The third kappa shape index (κ3) is 2.98. The second kappa shape index (κ2) is 5.62. The number of nitrogens with one attached hydrogen (secondary N) is 1. The smallest absolute Gasteiger partial charge is 0.241 e. The van der Waals surface area contributed by atoms with E-state index in [0.717, 1.165) is 30.0 Å². The van der Waals surface area contributed by atoms with Crippen molar-refractivity contribution in [3.8, 4) is 0 Å². The molecule has 0 aliphatic heterocycles. The number of hydrogen-bond donors (Lipinski definition) is 2. The second-order valence-electron chi connectivity index (χ2n) is 5.44. The number of rotatable bonds is 5. The Morgan fingerprint density at radius 3 is 2.50 bits per heavy atom. The molecule has 110 valence electrons. The van der Waals surface area contributed by atoms with Gasteiger partial charge < -0.3 is 15.2 Å². The average molecular weight is 278 g/mol. The van der Waals surface area contributed by atoms with Gasteiger partial charge in [-0.2, -0.15) is 0 Å². The maximum Gasteiger partial charge on any atom is 0.241 e. The molecule has 1 aromatic rings. The van der Waals surface area contributed by atoms with E-state index < -0.39 is 0 Å². The van der Waals surface area contributed by atoms with Crippen LogP contribution in [0.5, 0.6) is 0 Å². The van der Waals surface area contributed by atoms with Gasteiger partial charge in [0.25, 0.3) is 0 Å². The lowest BCUT2D eigenvalue weighted by atomic mass is 10.2. The summed E-state index contributed by atoms with van der Waals surface area (Å²) in [5.74, 6) is 8.17. The normalized spacial score (nSPS) is 14.1. The van der Waals surface area contributed by atoms with Crippen LogP contribution in [0.25, 0.3) is 0 Å². The van der Waals surface area contributed by atoms with Crippen LogP contribution in [0.3, 0.4) is 0 Å². The summed E-state index contributed by atoms with van der Waals surface area (Å²) in [6.07, 6.45) is 2.24. The number of carbonyl (C=O) groups excluding carboxylic acids is 1. The first-order valence-corrected chi connectivity index (χ1v) is 6.70. The molecule has 1 saturated carbocycles. The highest BCUT2D eigenvalue weighted by Gasteiger charge is 2.29. The van der Waals surface area contributed by atoms with Crippen LogP contribution in [0.4, 0.5) is 11.6 Å². The fourth-order valence-electron chi connectivity index (χ4n) is 1.98. The van der Waals surface area contributed by atoms with Crippen molar-refractivity contribution in [2.45, 2.75) is 25.7 Å². The summed E-state index contributed by atoms with van der Waals surface area (Å²) in [5.41, 5.74) is 3.47. The van der Waals surface area contributed by atoms with Gasteiger partial charge in [-0.05, 0) is 19.8 Å². The number of amides is 1. The Morgan fingerprint density at radius 1 is 1.35 bits per heavy atom. The fraction of sp³-hybridized carbons (Fsp3) is 0.615. The predicted molar refractivity (Wildman–Crippen MR) is 78.5 cm³/mol. The number of nitrogen functional groups attached to an aromatic ring is 1. The van der Waals surface area contributed by atoms with E-state index in [1.165, 1.54) is 0 Å². The minimum absolute atomic E-state index is 0.0285. The molecule has 0 aromatic carbocycles. The highest BCUT2D eigenvalue weighted by Crippen LogP contribution is 2.39. The number of hydrogen-bond acceptors (Lipinski definition) is 6. The Kier molecular flexibility index (Phi) is 4.08. The Bertz CT molecular complexity index is 512. The molecular formula is C13H22N6O. The molecule has 7 heteroatoms. The largest absolute Gasteiger partial charge is 0.350 e. The van der Waals surface area contributed by atoms with Crippen LogP contribution in [0.1, 0.15) is 30.1 Å². The Labute approximate surface area is 119 Å². The predicted octanol–water partition coefficient (Wildman–Crippen LogP) is 0.472. The van der Waals surface area contributed by atoms with Gasteiger partial charge in [0.1, 0.15) is 17.5 Å². The molecule has 0 spiro atoms. The fourth-order valence-corrected chi connectivity index (χ4v) is 1.98. The van der Waals surface area contributed by atoms with Crippen molar-refractivity contribution < 1.29 is 4.79 Å². The van der Waals surface area contributed by atoms with Gasteiger partial charge in [-0.3, -0.25) is 4.79 Å². The Hall–Kier alpha value is -1.89. The van der Waals surface area contributed by atoms with E-state index in [9.17, 15) is 4.79 Å². The van der Waals surface area contributed by atoms with Gasteiger partial charge >= 0.3 is 0 Å². The van der Waals surface area contributed by atoms with E-state index in [0.29, 0.717) is 11.7 Å². The molecule has 20 heavy (non-hydrogen) atoms. The molecule has 1 aliphatic rings. The van der Waals surface area contributed by atoms with Crippen LogP contribution in [-0.2, 0) is 4.79 Å². The van der Waals surface area contributed by atoms with Crippen LogP contribution < -0.4 is 16.2 Å². The third-order valence-corrected chi connectivity index (χ3v) is 3.45. The quantitative estimate of drug-likeness (QED) is 0.601. The zero-order valence-electron chi connectivity index (χ0n) is 12.5. The van der Waals surface area contributed by atoms with Gasteiger partial charge in [-0.1, -0.05) is 0 Å². The molecule has 1 heterocycles. The van der Waals surface area contributed by atoms with Crippen molar-refractivity contribution in [2.75, 3.05) is 38.0 Å². The molecule has 1 fully saturated rings. The lowest BCUT2D eigenvalue weighted by Crippen LogP contribution is -2.35. The van der Waals surface area contributed by atoms with Crippen LogP contribution in [-0.4, -0.2) is 48.5 Å². The van der Waals surface area contributed by atoms with Crippen molar-refractivity contribution in [2.24, 2.45) is 5.84 Å². The highest BCUT2D eigenvalue weighted by molar-refractivity contribution is 5.81.